The van der Waals surface area contributed by atoms with Crippen molar-refractivity contribution in [2.75, 3.05) is 67.7 Å². The number of benzene rings is 3. The van der Waals surface area contributed by atoms with Gasteiger partial charge < -0.3 is 39.4 Å². The van der Waals surface area contributed by atoms with Gasteiger partial charge in [0, 0.05) is 68.3 Å². The second-order valence-electron chi connectivity index (χ2n) is 20.5. The van der Waals surface area contributed by atoms with Gasteiger partial charge in [-0.2, -0.15) is 18.2 Å². The van der Waals surface area contributed by atoms with Crippen LogP contribution in [0.4, 0.5) is 41.6 Å². The Morgan fingerprint density at radius 1 is 0.972 bits per heavy atom. The van der Waals surface area contributed by atoms with Crippen LogP contribution in [-0.2, 0) is 25.1 Å². The first-order chi connectivity index (χ1) is 34.5. The third-order valence-corrected chi connectivity index (χ3v) is 17.5. The lowest BCUT2D eigenvalue weighted by molar-refractivity contribution is -0.384. The van der Waals surface area contributed by atoms with E-state index in [1.54, 1.807) is 36.5 Å². The van der Waals surface area contributed by atoms with E-state index in [9.17, 15) is 41.6 Å². The zero-order valence-electron chi connectivity index (χ0n) is 39.7. The number of carbonyl (C=O) groups excluding carboxylic acids is 1. The summed E-state index contributed by atoms with van der Waals surface area (Å²) in [5, 5.41) is 26.9. The molecule has 5 fully saturated rings. The minimum atomic E-state index is -4.83. The fourth-order valence-electron chi connectivity index (χ4n) is 12.0. The number of hydrogen-bond donors (Lipinski definition) is 4. The number of hydrogen-bond acceptors (Lipinski definition) is 14. The lowest BCUT2D eigenvalue weighted by atomic mass is 9.59. The van der Waals surface area contributed by atoms with Crippen molar-refractivity contribution < 1.29 is 50.6 Å². The summed E-state index contributed by atoms with van der Waals surface area (Å²) in [5.41, 5.74) is -0.380. The Bertz CT molecular complexity index is 3000. The third kappa shape index (κ3) is 8.79. The molecule has 0 radical (unpaired) electrons. The average Bonchev–Trinajstić information content (AvgIpc) is 4.15. The summed E-state index contributed by atoms with van der Waals surface area (Å²) in [4.78, 5) is 40.2. The molecule has 1 unspecified atom stereocenters. The SMILES string of the molecule is CC(O)(c1ccccc1[C@@H]1CCCN1C1CC2(CCN(c3ccc(C(=O)NS(=O)(=O)c4ccc(NCC5CCOCC5)c([N+](=O)[O-])c4)c(N4c5cc6cc[nH]c6nc5O[C@@H]5COC[C@H]54)c3)CC2)C1)C(F)(F)F. The molecule has 2 aromatic heterocycles. The van der Waals surface area contributed by atoms with Crippen LogP contribution in [-0.4, -0.2) is 116 Å². The summed E-state index contributed by atoms with van der Waals surface area (Å²) < 4.78 is 90.4. The van der Waals surface area contributed by atoms with Crippen LogP contribution in [0.25, 0.3) is 11.0 Å². The van der Waals surface area contributed by atoms with Crippen molar-refractivity contribution in [2.45, 2.75) is 99.2 Å². The Morgan fingerprint density at radius 3 is 2.51 bits per heavy atom. The number of nitro benzene ring substituents is 1. The number of amides is 1. The number of anilines is 4. The molecule has 1 spiro atoms. The molecule has 1 aliphatic carbocycles. The number of pyridine rings is 1. The highest BCUT2D eigenvalue weighted by Gasteiger charge is 2.54. The topological polar surface area (TPSA) is 205 Å². The molecule has 5 aromatic rings. The van der Waals surface area contributed by atoms with Crippen LogP contribution in [0, 0.1) is 21.4 Å². The van der Waals surface area contributed by atoms with Crippen LogP contribution >= 0.6 is 0 Å². The van der Waals surface area contributed by atoms with E-state index < -0.39 is 55.4 Å². The van der Waals surface area contributed by atoms with Crippen molar-refractivity contribution in [3.05, 3.63) is 106 Å². The van der Waals surface area contributed by atoms with Gasteiger partial charge in [-0.3, -0.25) is 19.8 Å². The first kappa shape index (κ1) is 48.3. The van der Waals surface area contributed by atoms with Gasteiger partial charge in [0.2, 0.25) is 5.88 Å². The van der Waals surface area contributed by atoms with Crippen LogP contribution in [0.3, 0.4) is 0 Å². The zero-order chi connectivity index (χ0) is 50.2. The number of fused-ring (bicyclic) bond motifs is 3. The molecule has 382 valence electrons. The number of alkyl halides is 3. The molecule has 4 N–H and O–H groups in total. The second-order valence-corrected chi connectivity index (χ2v) is 22.2. The monoisotopic (exact) mass is 1010 g/mol. The van der Waals surface area contributed by atoms with Gasteiger partial charge in [0.25, 0.3) is 21.6 Å². The van der Waals surface area contributed by atoms with E-state index in [-0.39, 0.29) is 53.4 Å². The van der Waals surface area contributed by atoms with E-state index in [2.05, 4.69) is 24.8 Å². The van der Waals surface area contributed by atoms with Crippen LogP contribution < -0.4 is 24.6 Å². The normalized spacial score (nSPS) is 23.5. The number of rotatable bonds is 12. The molecule has 7 heterocycles. The van der Waals surface area contributed by atoms with Gasteiger partial charge in [0.1, 0.15) is 23.1 Å². The van der Waals surface area contributed by atoms with Crippen molar-refractivity contribution in [1.29, 1.82) is 0 Å². The standard InChI is InChI=1S/C51H57F3N8O9S/c1-49(64,51(52,53)54)38-6-3-2-5-36(38)40-7-4-18-60(40)34-26-50(27-34)15-19-59(20-16-50)33-8-10-37(41(24-33)61-43-23-32-12-17-55-46(32)57-48(43)71-45-30-70-29-44(45)61)47(63)58-72(67,68)35-9-11-39(42(25-35)62(65)66)56-28-31-13-21-69-22-14-31/h2-3,5-6,8-12,17,23-25,31,34,40,44-45,56,64H,4,7,13-16,18-22,26-30H2,1H3,(H,55,57)(H,58,63)/t40-,44+,45+,49?/m0/s1. The van der Waals surface area contributed by atoms with Crippen LogP contribution in [0.5, 0.6) is 5.88 Å². The van der Waals surface area contributed by atoms with Crippen molar-refractivity contribution in [3.8, 4) is 5.88 Å². The molecule has 3 aromatic carbocycles. The smallest absolute Gasteiger partial charge is 0.421 e. The van der Waals surface area contributed by atoms with E-state index in [1.165, 1.54) is 18.2 Å². The number of halogens is 3. The minimum absolute atomic E-state index is 0.0352. The number of ether oxygens (including phenoxy) is 3. The molecular formula is C51H57F3N8O9S. The predicted octanol–water partition coefficient (Wildman–Crippen LogP) is 8.08. The molecule has 1 amide bonds. The number of nitrogens with zero attached hydrogens (tertiary/aromatic N) is 5. The van der Waals surface area contributed by atoms with Crippen LogP contribution in [0.15, 0.2) is 83.9 Å². The highest BCUT2D eigenvalue weighted by atomic mass is 32.2. The summed E-state index contributed by atoms with van der Waals surface area (Å²) in [6.45, 7) is 5.13. The maximum atomic E-state index is 14.6. The fourth-order valence-corrected chi connectivity index (χ4v) is 13.0. The molecular weight excluding hydrogens is 958 g/mol. The number of sulfonamides is 1. The van der Waals surface area contributed by atoms with Crippen LogP contribution in [0.1, 0.15) is 85.8 Å². The van der Waals surface area contributed by atoms with E-state index in [0.717, 1.165) is 75.6 Å². The number of aromatic nitrogens is 2. The highest BCUT2D eigenvalue weighted by molar-refractivity contribution is 7.90. The molecule has 17 nitrogen and oxygen atoms in total. The molecule has 4 saturated heterocycles. The molecule has 6 aliphatic rings. The number of likely N-dealkylation sites (tertiary alicyclic amines) is 1. The molecule has 11 rings (SSSR count). The summed E-state index contributed by atoms with van der Waals surface area (Å²) in [5.74, 6) is -0.389. The summed E-state index contributed by atoms with van der Waals surface area (Å²) in [7, 11) is -4.65. The maximum Gasteiger partial charge on any atom is 0.421 e. The Hall–Kier alpha value is -6.00. The summed E-state index contributed by atoms with van der Waals surface area (Å²) in [6, 6.07) is 18.6. The number of nitro groups is 1. The number of aliphatic hydroxyl groups is 1. The number of aromatic amines is 1. The molecule has 0 bridgehead atoms. The summed E-state index contributed by atoms with van der Waals surface area (Å²) in [6.07, 6.45) is 3.16. The van der Waals surface area contributed by atoms with E-state index in [1.807, 2.05) is 23.1 Å². The highest BCUT2D eigenvalue weighted by Crippen LogP contribution is 2.55. The van der Waals surface area contributed by atoms with Gasteiger partial charge in [-0.15, -0.1) is 0 Å². The minimum Gasteiger partial charge on any atom is -0.468 e. The Kier molecular flexibility index (Phi) is 12.4. The van der Waals surface area contributed by atoms with Crippen molar-refractivity contribution >= 4 is 55.4 Å². The number of carbonyl (C=O) groups is 1. The van der Waals surface area contributed by atoms with Gasteiger partial charge in [0.05, 0.1) is 40.3 Å². The van der Waals surface area contributed by atoms with Crippen molar-refractivity contribution in [1.82, 2.24) is 19.6 Å². The van der Waals surface area contributed by atoms with Crippen molar-refractivity contribution in [2.24, 2.45) is 11.3 Å². The van der Waals surface area contributed by atoms with E-state index in [0.29, 0.717) is 67.7 Å². The van der Waals surface area contributed by atoms with E-state index in [4.69, 9.17) is 19.2 Å². The van der Waals surface area contributed by atoms with E-state index >= 15 is 0 Å². The van der Waals surface area contributed by atoms with Gasteiger partial charge >= 0.3 is 6.18 Å². The van der Waals surface area contributed by atoms with Gasteiger partial charge in [0.15, 0.2) is 5.60 Å². The quantitative estimate of drug-likeness (QED) is 0.0689. The average molecular weight is 1020 g/mol. The Labute approximate surface area is 414 Å². The third-order valence-electron chi connectivity index (χ3n) is 16.1. The molecule has 72 heavy (non-hydrogen) atoms. The largest absolute Gasteiger partial charge is 0.468 e. The summed E-state index contributed by atoms with van der Waals surface area (Å²) >= 11 is 0. The first-order valence-electron chi connectivity index (χ1n) is 24.7. The number of H-pyrrole nitrogens is 1. The van der Waals surface area contributed by atoms with Crippen molar-refractivity contribution in [3.63, 3.8) is 0 Å². The molecule has 4 atom stereocenters. The number of nitrogens with one attached hydrogen (secondary N) is 3. The van der Waals surface area contributed by atoms with Gasteiger partial charge in [-0.05, 0) is 130 Å². The first-order valence-corrected chi connectivity index (χ1v) is 26.2. The second kappa shape index (κ2) is 18.5. The van der Waals surface area contributed by atoms with Gasteiger partial charge in [-0.1, -0.05) is 24.3 Å². The predicted molar refractivity (Wildman–Crippen MR) is 261 cm³/mol. The lowest BCUT2D eigenvalue weighted by Crippen LogP contribution is -2.55. The van der Waals surface area contributed by atoms with Gasteiger partial charge in [-0.25, -0.2) is 13.1 Å². The molecule has 21 heteroatoms. The molecule has 1 saturated carbocycles. The van der Waals surface area contributed by atoms with Crippen LogP contribution in [0.2, 0.25) is 0 Å². The number of piperidine rings is 1. The Balaban J connectivity index is 0.856. The zero-order valence-corrected chi connectivity index (χ0v) is 40.5. The fraction of sp³-hybridized carbons (Fsp3) is 0.490. The Morgan fingerprint density at radius 2 is 1.75 bits per heavy atom. The maximum absolute atomic E-state index is 14.6. The molecule has 5 aliphatic heterocycles. The lowest BCUT2D eigenvalue weighted by Gasteiger charge is -2.56.